The summed E-state index contributed by atoms with van der Waals surface area (Å²) >= 11 is -2.01. The van der Waals surface area contributed by atoms with Crippen LogP contribution in [0.2, 0.25) is 0 Å². The van der Waals surface area contributed by atoms with Crippen LogP contribution in [0.3, 0.4) is 0 Å². The lowest BCUT2D eigenvalue weighted by molar-refractivity contribution is 0.262. The summed E-state index contributed by atoms with van der Waals surface area (Å²) < 4.78 is 19.7. The normalized spacial score (nSPS) is 11.6. The molecular formula is C13H12N2O3S. The summed E-state index contributed by atoms with van der Waals surface area (Å²) in [6, 6.07) is 14.8. The van der Waals surface area contributed by atoms with E-state index in [1.165, 1.54) is 12.1 Å². The maximum absolute atomic E-state index is 11.7. The van der Waals surface area contributed by atoms with Crippen molar-refractivity contribution in [1.82, 2.24) is 0 Å². The quantitative estimate of drug-likeness (QED) is 0.754. The highest BCUT2D eigenvalue weighted by Gasteiger charge is 2.03. The molecule has 0 fully saturated rings. The van der Waals surface area contributed by atoms with Gasteiger partial charge in [0.1, 0.15) is 0 Å². The van der Waals surface area contributed by atoms with E-state index in [-0.39, 0.29) is 10.9 Å². The molecule has 0 aliphatic carbocycles. The van der Waals surface area contributed by atoms with E-state index in [9.17, 15) is 9.00 Å². The van der Waals surface area contributed by atoms with Crippen LogP contribution < -0.4 is 10.6 Å². The summed E-state index contributed by atoms with van der Waals surface area (Å²) in [7, 11) is 0. The van der Waals surface area contributed by atoms with Crippen molar-refractivity contribution in [3.8, 4) is 0 Å². The Bertz CT molecular complexity index is 585. The van der Waals surface area contributed by atoms with Crippen molar-refractivity contribution in [3.63, 3.8) is 0 Å². The first kappa shape index (κ1) is 13.3. The number of anilines is 2. The van der Waals surface area contributed by atoms with Crippen molar-refractivity contribution in [2.75, 3.05) is 10.6 Å². The number of carbonyl (C=O) groups is 1. The van der Waals surface area contributed by atoms with E-state index >= 15 is 0 Å². The van der Waals surface area contributed by atoms with E-state index in [0.29, 0.717) is 11.4 Å². The van der Waals surface area contributed by atoms with Gasteiger partial charge in [-0.25, -0.2) is 9.00 Å². The largest absolute Gasteiger partial charge is 0.323 e. The third-order valence-corrected chi connectivity index (χ3v) is 3.02. The van der Waals surface area contributed by atoms with Gasteiger partial charge in [-0.1, -0.05) is 18.2 Å². The summed E-state index contributed by atoms with van der Waals surface area (Å²) in [5, 5.41) is 5.29. The Morgan fingerprint density at radius 3 is 1.95 bits per heavy atom. The Labute approximate surface area is 112 Å². The lowest BCUT2D eigenvalue weighted by Crippen LogP contribution is -2.19. The van der Waals surface area contributed by atoms with Gasteiger partial charge in [0.15, 0.2) is 11.1 Å². The molecule has 6 heteroatoms. The maximum atomic E-state index is 11.7. The van der Waals surface area contributed by atoms with Crippen LogP contribution in [0.4, 0.5) is 16.2 Å². The smallest absolute Gasteiger partial charge is 0.308 e. The standard InChI is InChI=1S/C13H12N2O3S/c16-13(14-10-4-2-1-3-5-10)15-11-6-8-12(9-7-11)19(17)18/h1-9H,(H,17,18)(H2,14,15,16). The minimum Gasteiger partial charge on any atom is -0.308 e. The summed E-state index contributed by atoms with van der Waals surface area (Å²) in [6.45, 7) is 0. The SMILES string of the molecule is O=C(Nc1ccccc1)Nc1ccc(S(=O)O)cc1. The first-order valence-electron chi connectivity index (χ1n) is 5.49. The summed E-state index contributed by atoms with van der Waals surface area (Å²) in [6.07, 6.45) is 0. The Hall–Kier alpha value is -2.18. The number of nitrogens with one attached hydrogen (secondary N) is 2. The molecule has 19 heavy (non-hydrogen) atoms. The van der Waals surface area contributed by atoms with E-state index in [0.717, 1.165) is 0 Å². The molecule has 0 bridgehead atoms. The second kappa shape index (κ2) is 6.12. The minimum absolute atomic E-state index is 0.286. The van der Waals surface area contributed by atoms with E-state index in [4.69, 9.17) is 4.55 Å². The number of para-hydroxylation sites is 1. The summed E-state index contributed by atoms with van der Waals surface area (Å²) in [5.41, 5.74) is 1.23. The van der Waals surface area contributed by atoms with E-state index in [1.54, 1.807) is 24.3 Å². The monoisotopic (exact) mass is 276 g/mol. The number of hydrogen-bond donors (Lipinski definition) is 3. The van der Waals surface area contributed by atoms with Gasteiger partial charge in [0.05, 0.1) is 4.90 Å². The molecule has 2 aromatic carbocycles. The highest BCUT2D eigenvalue weighted by Crippen LogP contribution is 2.12. The molecule has 1 atom stereocenters. The fourth-order valence-electron chi connectivity index (χ4n) is 1.47. The minimum atomic E-state index is -2.01. The zero-order valence-corrected chi connectivity index (χ0v) is 10.7. The molecule has 2 rings (SSSR count). The van der Waals surface area contributed by atoms with E-state index in [1.807, 2.05) is 18.2 Å². The number of rotatable bonds is 3. The second-order valence-electron chi connectivity index (χ2n) is 3.72. The lowest BCUT2D eigenvalue weighted by atomic mass is 10.3. The molecule has 0 saturated carbocycles. The molecule has 98 valence electrons. The van der Waals surface area contributed by atoms with Crippen molar-refractivity contribution in [2.45, 2.75) is 4.90 Å². The Morgan fingerprint density at radius 1 is 0.895 bits per heavy atom. The van der Waals surface area contributed by atoms with Crippen molar-refractivity contribution in [1.29, 1.82) is 0 Å². The van der Waals surface area contributed by atoms with Crippen molar-refractivity contribution >= 4 is 28.5 Å². The van der Waals surface area contributed by atoms with Gasteiger partial charge in [0, 0.05) is 11.4 Å². The van der Waals surface area contributed by atoms with Crippen LogP contribution in [0, 0.1) is 0 Å². The fraction of sp³-hybridized carbons (Fsp3) is 0. The van der Waals surface area contributed by atoms with Crippen LogP contribution in [0.5, 0.6) is 0 Å². The van der Waals surface area contributed by atoms with Gasteiger partial charge < -0.3 is 15.2 Å². The average Bonchev–Trinajstić information content (AvgIpc) is 2.40. The van der Waals surface area contributed by atoms with Crippen molar-refractivity contribution in [3.05, 3.63) is 54.6 Å². The van der Waals surface area contributed by atoms with Gasteiger partial charge in [-0.15, -0.1) is 0 Å². The molecule has 3 N–H and O–H groups in total. The number of benzene rings is 2. The molecule has 1 unspecified atom stereocenters. The highest BCUT2D eigenvalue weighted by molar-refractivity contribution is 7.79. The van der Waals surface area contributed by atoms with Gasteiger partial charge in [-0.2, -0.15) is 0 Å². The molecule has 2 amide bonds. The predicted molar refractivity (Wildman–Crippen MR) is 74.6 cm³/mol. The molecule has 2 aromatic rings. The maximum Gasteiger partial charge on any atom is 0.323 e. The zero-order chi connectivity index (χ0) is 13.7. The number of amides is 2. The van der Waals surface area contributed by atoms with Crippen molar-refractivity contribution in [2.24, 2.45) is 0 Å². The van der Waals surface area contributed by atoms with Gasteiger partial charge in [0.2, 0.25) is 0 Å². The molecule has 0 aliphatic heterocycles. The van der Waals surface area contributed by atoms with Gasteiger partial charge in [-0.05, 0) is 36.4 Å². The van der Waals surface area contributed by atoms with Crippen LogP contribution in [-0.4, -0.2) is 14.8 Å². The average molecular weight is 276 g/mol. The zero-order valence-electron chi connectivity index (χ0n) is 9.87. The molecule has 0 aromatic heterocycles. The van der Waals surface area contributed by atoms with Gasteiger partial charge in [-0.3, -0.25) is 0 Å². The molecule has 0 radical (unpaired) electrons. The number of carbonyl (C=O) groups excluding carboxylic acids is 1. The van der Waals surface area contributed by atoms with Crippen molar-refractivity contribution < 1.29 is 13.6 Å². The first-order chi connectivity index (χ1) is 9.15. The fourth-order valence-corrected chi connectivity index (χ4v) is 1.84. The lowest BCUT2D eigenvalue weighted by Gasteiger charge is -2.07. The summed E-state index contributed by atoms with van der Waals surface area (Å²) in [4.78, 5) is 12.0. The number of urea groups is 1. The molecule has 0 heterocycles. The second-order valence-corrected chi connectivity index (χ2v) is 4.69. The molecular weight excluding hydrogens is 264 g/mol. The molecule has 0 spiro atoms. The van der Waals surface area contributed by atoms with Crippen LogP contribution in [0.15, 0.2) is 59.5 Å². The number of hydrogen-bond acceptors (Lipinski definition) is 2. The van der Waals surface area contributed by atoms with E-state index < -0.39 is 11.1 Å². The Balaban J connectivity index is 1.97. The topological polar surface area (TPSA) is 78.4 Å². The van der Waals surface area contributed by atoms with E-state index in [2.05, 4.69) is 10.6 Å². The Morgan fingerprint density at radius 2 is 1.42 bits per heavy atom. The van der Waals surface area contributed by atoms with Gasteiger partial charge >= 0.3 is 6.03 Å². The van der Waals surface area contributed by atoms with Gasteiger partial charge in [0.25, 0.3) is 0 Å². The third kappa shape index (κ3) is 3.90. The summed E-state index contributed by atoms with van der Waals surface area (Å²) in [5.74, 6) is 0. The molecule has 0 saturated heterocycles. The third-order valence-electron chi connectivity index (χ3n) is 2.35. The Kier molecular flexibility index (Phi) is 4.27. The van der Waals surface area contributed by atoms with Crippen LogP contribution in [0.25, 0.3) is 0 Å². The highest BCUT2D eigenvalue weighted by atomic mass is 32.2. The molecule has 0 aliphatic rings. The first-order valence-corrected chi connectivity index (χ1v) is 6.60. The van der Waals surface area contributed by atoms with Crippen LogP contribution >= 0.6 is 0 Å². The van der Waals surface area contributed by atoms with Crippen LogP contribution in [0.1, 0.15) is 0 Å². The van der Waals surface area contributed by atoms with Crippen LogP contribution in [-0.2, 0) is 11.1 Å². The molecule has 5 nitrogen and oxygen atoms in total. The predicted octanol–water partition coefficient (Wildman–Crippen LogP) is 2.91.